The van der Waals surface area contributed by atoms with Gasteiger partial charge in [0.25, 0.3) is 5.91 Å². The van der Waals surface area contributed by atoms with E-state index in [4.69, 9.17) is 16.3 Å². The van der Waals surface area contributed by atoms with Crippen LogP contribution < -0.4 is 15.5 Å². The minimum absolute atomic E-state index is 0.0554. The summed E-state index contributed by atoms with van der Waals surface area (Å²) in [6.45, 7) is 9.89. The van der Waals surface area contributed by atoms with E-state index in [1.807, 2.05) is 35.2 Å². The second kappa shape index (κ2) is 9.16. The third-order valence-corrected chi connectivity index (χ3v) is 8.17. The Kier molecular flexibility index (Phi) is 5.99. The summed E-state index contributed by atoms with van der Waals surface area (Å²) in [5, 5.41) is 7.65. The second-order valence-electron chi connectivity index (χ2n) is 10.6. The Balaban J connectivity index is 1.32. The molecule has 0 radical (unpaired) electrons. The van der Waals surface area contributed by atoms with Crippen LogP contribution in [0.25, 0.3) is 0 Å². The van der Waals surface area contributed by atoms with Crippen molar-refractivity contribution in [1.29, 1.82) is 0 Å². The molecule has 3 heterocycles. The fourth-order valence-corrected chi connectivity index (χ4v) is 5.85. The van der Waals surface area contributed by atoms with E-state index >= 15 is 0 Å². The first-order chi connectivity index (χ1) is 17.0. The van der Waals surface area contributed by atoms with Crippen LogP contribution in [-0.4, -0.2) is 56.7 Å². The molecule has 1 atom stereocenters. The van der Waals surface area contributed by atoms with E-state index in [0.29, 0.717) is 24.0 Å². The molecule has 35 heavy (non-hydrogen) atoms. The van der Waals surface area contributed by atoms with Crippen molar-refractivity contribution >= 4 is 28.9 Å². The van der Waals surface area contributed by atoms with E-state index in [1.54, 1.807) is 0 Å². The standard InChI is InChI=1S/C28H33ClN4O2/c1-19(20-5-6-20)31-23-7-8-24(25(14-23)32-11-9-28(16-32)17-35-18-28)27(34)33-12-10-30-15-26(33)21-3-2-4-22(29)13-21/h2-4,7-8,13-14,20,26,30-31H,1,5-6,9-12,15-18H2. The zero-order chi connectivity index (χ0) is 24.0. The molecule has 184 valence electrons. The fraction of sp³-hybridized carbons (Fsp3) is 0.464. The molecule has 2 N–H and O–H groups in total. The molecule has 2 aromatic rings. The molecule has 4 fully saturated rings. The summed E-state index contributed by atoms with van der Waals surface area (Å²) in [5.41, 5.74) is 5.15. The Labute approximate surface area is 212 Å². The highest BCUT2D eigenvalue weighted by Crippen LogP contribution is 2.42. The number of anilines is 2. The van der Waals surface area contributed by atoms with Crippen LogP contribution in [0.15, 0.2) is 54.7 Å². The molecule has 1 amide bonds. The molecule has 0 bridgehead atoms. The fourth-order valence-electron chi connectivity index (χ4n) is 5.65. The summed E-state index contributed by atoms with van der Waals surface area (Å²) < 4.78 is 5.56. The number of nitrogens with zero attached hydrogens (tertiary/aromatic N) is 2. The number of hydrogen-bond donors (Lipinski definition) is 2. The van der Waals surface area contributed by atoms with Gasteiger partial charge in [0.2, 0.25) is 0 Å². The number of carbonyl (C=O) groups excluding carboxylic acids is 1. The quantitative estimate of drug-likeness (QED) is 0.612. The monoisotopic (exact) mass is 492 g/mol. The highest BCUT2D eigenvalue weighted by atomic mass is 35.5. The van der Waals surface area contributed by atoms with E-state index in [1.165, 1.54) is 12.8 Å². The van der Waals surface area contributed by atoms with Gasteiger partial charge >= 0.3 is 0 Å². The van der Waals surface area contributed by atoms with E-state index in [9.17, 15) is 4.79 Å². The summed E-state index contributed by atoms with van der Waals surface area (Å²) >= 11 is 6.30. The Morgan fingerprint density at radius 1 is 1.17 bits per heavy atom. The van der Waals surface area contributed by atoms with Crippen molar-refractivity contribution in [1.82, 2.24) is 10.2 Å². The molecule has 4 aliphatic rings. The average Bonchev–Trinajstić information content (AvgIpc) is 3.60. The van der Waals surface area contributed by atoms with Gasteiger partial charge in [-0.2, -0.15) is 0 Å². The van der Waals surface area contributed by atoms with Crippen LogP contribution in [0.2, 0.25) is 5.02 Å². The Morgan fingerprint density at radius 3 is 2.74 bits per heavy atom. The van der Waals surface area contributed by atoms with Crippen molar-refractivity contribution in [3.63, 3.8) is 0 Å². The smallest absolute Gasteiger partial charge is 0.256 e. The van der Waals surface area contributed by atoms with E-state index in [-0.39, 0.29) is 17.4 Å². The molecule has 1 aliphatic carbocycles. The number of allylic oxidation sites excluding steroid dienone is 1. The van der Waals surface area contributed by atoms with Gasteiger partial charge in [-0.3, -0.25) is 4.79 Å². The first kappa shape index (κ1) is 22.9. The van der Waals surface area contributed by atoms with Crippen molar-refractivity contribution in [2.24, 2.45) is 11.3 Å². The van der Waals surface area contributed by atoms with Gasteiger partial charge in [-0.25, -0.2) is 0 Å². The van der Waals surface area contributed by atoms with Crippen LogP contribution in [0.4, 0.5) is 11.4 Å². The van der Waals surface area contributed by atoms with Gasteiger partial charge in [-0.15, -0.1) is 0 Å². The molecule has 1 saturated carbocycles. The van der Waals surface area contributed by atoms with E-state index in [0.717, 1.165) is 67.5 Å². The number of carbonyl (C=O) groups is 1. The van der Waals surface area contributed by atoms with Crippen LogP contribution in [-0.2, 0) is 4.74 Å². The zero-order valence-corrected chi connectivity index (χ0v) is 20.8. The van der Waals surface area contributed by atoms with E-state index in [2.05, 4.69) is 34.2 Å². The summed E-state index contributed by atoms with van der Waals surface area (Å²) in [5.74, 6) is 0.645. The minimum atomic E-state index is -0.0554. The molecular formula is C28H33ClN4O2. The molecule has 0 aromatic heterocycles. The van der Waals surface area contributed by atoms with Gasteiger partial charge in [0.1, 0.15) is 0 Å². The lowest BCUT2D eigenvalue weighted by Gasteiger charge is -2.39. The van der Waals surface area contributed by atoms with Gasteiger partial charge in [0, 0.05) is 54.5 Å². The molecule has 2 aromatic carbocycles. The minimum Gasteiger partial charge on any atom is -0.380 e. The number of ether oxygens (including phenoxy) is 1. The second-order valence-corrected chi connectivity index (χ2v) is 11.0. The van der Waals surface area contributed by atoms with Crippen molar-refractivity contribution in [2.75, 3.05) is 56.2 Å². The molecule has 6 rings (SSSR count). The summed E-state index contributed by atoms with van der Waals surface area (Å²) in [7, 11) is 0. The largest absolute Gasteiger partial charge is 0.380 e. The van der Waals surface area contributed by atoms with Gasteiger partial charge in [-0.1, -0.05) is 30.3 Å². The normalized spacial score (nSPS) is 23.3. The van der Waals surface area contributed by atoms with Crippen molar-refractivity contribution in [3.05, 3.63) is 70.9 Å². The maximum atomic E-state index is 14.1. The number of benzene rings is 2. The average molecular weight is 493 g/mol. The van der Waals surface area contributed by atoms with Gasteiger partial charge in [0.15, 0.2) is 0 Å². The first-order valence-electron chi connectivity index (χ1n) is 12.7. The number of halogens is 1. The highest BCUT2D eigenvalue weighted by Gasteiger charge is 2.45. The number of rotatable bonds is 6. The number of hydrogen-bond acceptors (Lipinski definition) is 5. The molecule has 1 spiro atoms. The summed E-state index contributed by atoms with van der Waals surface area (Å²) in [4.78, 5) is 18.5. The lowest BCUT2D eigenvalue weighted by molar-refractivity contribution is -0.0985. The molecule has 1 unspecified atom stereocenters. The van der Waals surface area contributed by atoms with Crippen molar-refractivity contribution < 1.29 is 9.53 Å². The first-order valence-corrected chi connectivity index (χ1v) is 13.1. The molecular weight excluding hydrogens is 460 g/mol. The highest BCUT2D eigenvalue weighted by molar-refractivity contribution is 6.30. The molecule has 6 nitrogen and oxygen atoms in total. The topological polar surface area (TPSA) is 56.8 Å². The van der Waals surface area contributed by atoms with Gasteiger partial charge < -0.3 is 25.2 Å². The lowest BCUT2D eigenvalue weighted by atomic mass is 9.85. The zero-order valence-electron chi connectivity index (χ0n) is 20.1. The maximum absolute atomic E-state index is 14.1. The lowest BCUT2D eigenvalue weighted by Crippen LogP contribution is -2.49. The van der Waals surface area contributed by atoms with Crippen LogP contribution in [0.5, 0.6) is 0 Å². The third-order valence-electron chi connectivity index (χ3n) is 7.94. The summed E-state index contributed by atoms with van der Waals surface area (Å²) in [6, 6.07) is 14.0. The van der Waals surface area contributed by atoms with Crippen LogP contribution >= 0.6 is 11.6 Å². The van der Waals surface area contributed by atoms with Gasteiger partial charge in [0.05, 0.1) is 30.5 Å². The molecule has 7 heteroatoms. The number of nitrogens with one attached hydrogen (secondary N) is 2. The van der Waals surface area contributed by atoms with Crippen molar-refractivity contribution in [2.45, 2.75) is 25.3 Å². The SMILES string of the molecule is C=C(Nc1ccc(C(=O)N2CCNCC2c2cccc(Cl)c2)c(N2CCC3(COC3)C2)c1)C1CC1. The Morgan fingerprint density at radius 2 is 2.03 bits per heavy atom. The molecule has 3 saturated heterocycles. The maximum Gasteiger partial charge on any atom is 0.256 e. The van der Waals surface area contributed by atoms with Crippen LogP contribution in [0.1, 0.15) is 41.2 Å². The van der Waals surface area contributed by atoms with Crippen LogP contribution in [0, 0.1) is 11.3 Å². The van der Waals surface area contributed by atoms with E-state index < -0.39 is 0 Å². The summed E-state index contributed by atoms with van der Waals surface area (Å²) in [6.07, 6.45) is 3.52. The number of amides is 1. The third kappa shape index (κ3) is 4.55. The van der Waals surface area contributed by atoms with Crippen LogP contribution in [0.3, 0.4) is 0 Å². The van der Waals surface area contributed by atoms with Crippen molar-refractivity contribution in [3.8, 4) is 0 Å². The molecule has 3 aliphatic heterocycles. The Hall–Kier alpha value is -2.54. The Bertz CT molecular complexity index is 1140. The van der Waals surface area contributed by atoms with Gasteiger partial charge in [-0.05, 0) is 61.1 Å². The predicted molar refractivity (Wildman–Crippen MR) is 140 cm³/mol. The number of piperazine rings is 1. The predicted octanol–water partition coefficient (Wildman–Crippen LogP) is 4.69.